The van der Waals surface area contributed by atoms with Gasteiger partial charge in [0.15, 0.2) is 0 Å². The smallest absolute Gasteiger partial charge is 0.0416 e. The summed E-state index contributed by atoms with van der Waals surface area (Å²) in [6, 6.07) is 6.83. The average Bonchev–Trinajstić information content (AvgIpc) is 2.46. The number of aromatic nitrogens is 1. The van der Waals surface area contributed by atoms with Gasteiger partial charge in [0, 0.05) is 30.9 Å². The predicted molar refractivity (Wildman–Crippen MR) is 75.6 cm³/mol. The van der Waals surface area contributed by atoms with Crippen LogP contribution >= 0.6 is 0 Å². The Morgan fingerprint density at radius 1 is 1.39 bits per heavy atom. The van der Waals surface area contributed by atoms with E-state index in [0.717, 1.165) is 18.9 Å². The van der Waals surface area contributed by atoms with Crippen LogP contribution in [0.2, 0.25) is 0 Å². The SMILES string of the molecule is CNC(C)C1CCN(CCc2ccccn2)CC1. The van der Waals surface area contributed by atoms with Crippen LogP contribution in [0.1, 0.15) is 25.5 Å². The molecule has 1 unspecified atom stereocenters. The summed E-state index contributed by atoms with van der Waals surface area (Å²) >= 11 is 0. The lowest BCUT2D eigenvalue weighted by atomic mass is 9.90. The van der Waals surface area contributed by atoms with Crippen molar-refractivity contribution in [3.8, 4) is 0 Å². The molecule has 2 rings (SSSR count). The van der Waals surface area contributed by atoms with Crippen LogP contribution in [0.25, 0.3) is 0 Å². The van der Waals surface area contributed by atoms with Crippen molar-refractivity contribution in [3.05, 3.63) is 30.1 Å². The second kappa shape index (κ2) is 6.86. The molecule has 0 spiro atoms. The van der Waals surface area contributed by atoms with Crippen LogP contribution in [0.5, 0.6) is 0 Å². The molecule has 1 atom stereocenters. The van der Waals surface area contributed by atoms with Crippen molar-refractivity contribution in [2.75, 3.05) is 26.7 Å². The molecular formula is C15H25N3. The fourth-order valence-electron chi connectivity index (χ4n) is 2.73. The van der Waals surface area contributed by atoms with Gasteiger partial charge in [0.2, 0.25) is 0 Å². The molecule has 1 aromatic heterocycles. The molecule has 100 valence electrons. The minimum absolute atomic E-state index is 0.656. The van der Waals surface area contributed by atoms with Crippen molar-refractivity contribution >= 4 is 0 Å². The molecule has 0 radical (unpaired) electrons. The van der Waals surface area contributed by atoms with E-state index in [0.29, 0.717) is 6.04 Å². The summed E-state index contributed by atoms with van der Waals surface area (Å²) in [5, 5.41) is 3.38. The first-order valence-electron chi connectivity index (χ1n) is 7.09. The number of pyridine rings is 1. The Kier molecular flexibility index (Phi) is 5.14. The maximum Gasteiger partial charge on any atom is 0.0416 e. The Balaban J connectivity index is 1.71. The van der Waals surface area contributed by atoms with E-state index in [9.17, 15) is 0 Å². The van der Waals surface area contributed by atoms with E-state index in [1.807, 2.05) is 12.3 Å². The molecule has 2 heterocycles. The summed E-state index contributed by atoms with van der Waals surface area (Å²) in [6.07, 6.45) is 5.61. The fraction of sp³-hybridized carbons (Fsp3) is 0.667. The largest absolute Gasteiger partial charge is 0.317 e. The maximum absolute atomic E-state index is 4.38. The number of rotatable bonds is 5. The Labute approximate surface area is 111 Å². The molecule has 0 saturated carbocycles. The van der Waals surface area contributed by atoms with Gasteiger partial charge in [-0.05, 0) is 58.0 Å². The molecule has 0 aliphatic carbocycles. The number of hydrogen-bond donors (Lipinski definition) is 1. The number of piperidine rings is 1. The highest BCUT2D eigenvalue weighted by atomic mass is 15.1. The van der Waals surface area contributed by atoms with Gasteiger partial charge in [-0.2, -0.15) is 0 Å². The molecule has 1 aliphatic heterocycles. The van der Waals surface area contributed by atoms with Gasteiger partial charge in [-0.15, -0.1) is 0 Å². The lowest BCUT2D eigenvalue weighted by Crippen LogP contribution is -2.41. The third kappa shape index (κ3) is 3.79. The Bertz CT molecular complexity index is 331. The Morgan fingerprint density at radius 2 is 2.17 bits per heavy atom. The number of nitrogens with one attached hydrogen (secondary N) is 1. The quantitative estimate of drug-likeness (QED) is 0.862. The summed E-state index contributed by atoms with van der Waals surface area (Å²) in [5.41, 5.74) is 1.21. The first-order chi connectivity index (χ1) is 8.79. The first-order valence-corrected chi connectivity index (χ1v) is 7.09. The van der Waals surface area contributed by atoms with Crippen molar-refractivity contribution in [2.24, 2.45) is 5.92 Å². The van der Waals surface area contributed by atoms with E-state index in [1.165, 1.54) is 31.6 Å². The summed E-state index contributed by atoms with van der Waals surface area (Å²) in [6.45, 7) is 5.93. The van der Waals surface area contributed by atoms with Crippen molar-refractivity contribution in [1.29, 1.82) is 0 Å². The predicted octanol–water partition coefficient (Wildman–Crippen LogP) is 1.94. The monoisotopic (exact) mass is 247 g/mol. The molecule has 1 saturated heterocycles. The van der Waals surface area contributed by atoms with Gasteiger partial charge in [-0.3, -0.25) is 4.98 Å². The van der Waals surface area contributed by atoms with Gasteiger partial charge in [0.1, 0.15) is 0 Å². The standard InChI is InChI=1S/C15H25N3/c1-13(16-2)14-6-10-18(11-7-14)12-8-15-5-3-4-9-17-15/h3-5,9,13-14,16H,6-8,10-12H2,1-2H3. The van der Waals surface area contributed by atoms with E-state index >= 15 is 0 Å². The number of likely N-dealkylation sites (tertiary alicyclic amines) is 1. The maximum atomic E-state index is 4.38. The lowest BCUT2D eigenvalue weighted by molar-refractivity contribution is 0.166. The molecular weight excluding hydrogens is 222 g/mol. The van der Waals surface area contributed by atoms with Crippen LogP contribution in [0.3, 0.4) is 0 Å². The zero-order valence-electron chi connectivity index (χ0n) is 11.6. The second-order valence-corrected chi connectivity index (χ2v) is 5.33. The third-order valence-electron chi connectivity index (χ3n) is 4.21. The van der Waals surface area contributed by atoms with Crippen molar-refractivity contribution < 1.29 is 0 Å². The van der Waals surface area contributed by atoms with Crippen LogP contribution in [0, 0.1) is 5.92 Å². The summed E-state index contributed by atoms with van der Waals surface area (Å²) < 4.78 is 0. The zero-order chi connectivity index (χ0) is 12.8. The minimum Gasteiger partial charge on any atom is -0.317 e. The number of nitrogens with zero attached hydrogens (tertiary/aromatic N) is 2. The highest BCUT2D eigenvalue weighted by molar-refractivity contribution is 5.03. The van der Waals surface area contributed by atoms with Crippen molar-refractivity contribution in [3.63, 3.8) is 0 Å². The van der Waals surface area contributed by atoms with Crippen LogP contribution in [0.15, 0.2) is 24.4 Å². The molecule has 1 aromatic rings. The van der Waals surface area contributed by atoms with Crippen molar-refractivity contribution in [1.82, 2.24) is 15.2 Å². The average molecular weight is 247 g/mol. The van der Waals surface area contributed by atoms with Gasteiger partial charge in [0.05, 0.1) is 0 Å². The van der Waals surface area contributed by atoms with E-state index in [1.54, 1.807) is 0 Å². The fourth-order valence-corrected chi connectivity index (χ4v) is 2.73. The van der Waals surface area contributed by atoms with Crippen LogP contribution in [-0.2, 0) is 6.42 Å². The molecule has 0 bridgehead atoms. The van der Waals surface area contributed by atoms with Crippen LogP contribution in [-0.4, -0.2) is 42.6 Å². The molecule has 1 aliphatic rings. The highest BCUT2D eigenvalue weighted by Crippen LogP contribution is 2.20. The minimum atomic E-state index is 0.656. The molecule has 3 heteroatoms. The van der Waals surface area contributed by atoms with E-state index in [-0.39, 0.29) is 0 Å². The third-order valence-corrected chi connectivity index (χ3v) is 4.21. The molecule has 1 N–H and O–H groups in total. The van der Waals surface area contributed by atoms with Crippen LogP contribution in [0.4, 0.5) is 0 Å². The van der Waals surface area contributed by atoms with Gasteiger partial charge in [-0.1, -0.05) is 6.07 Å². The first kappa shape index (κ1) is 13.5. The topological polar surface area (TPSA) is 28.2 Å². The van der Waals surface area contributed by atoms with E-state index in [4.69, 9.17) is 0 Å². The Morgan fingerprint density at radius 3 is 2.78 bits per heavy atom. The molecule has 3 nitrogen and oxygen atoms in total. The van der Waals surface area contributed by atoms with Gasteiger partial charge < -0.3 is 10.2 Å². The Hall–Kier alpha value is -0.930. The summed E-state index contributed by atoms with van der Waals surface area (Å²) in [7, 11) is 2.07. The summed E-state index contributed by atoms with van der Waals surface area (Å²) in [4.78, 5) is 6.96. The molecule has 18 heavy (non-hydrogen) atoms. The van der Waals surface area contributed by atoms with Crippen LogP contribution < -0.4 is 5.32 Å². The van der Waals surface area contributed by atoms with E-state index in [2.05, 4.69) is 41.3 Å². The molecule has 0 aromatic carbocycles. The number of hydrogen-bond acceptors (Lipinski definition) is 3. The molecule has 0 amide bonds. The van der Waals surface area contributed by atoms with E-state index < -0.39 is 0 Å². The lowest BCUT2D eigenvalue weighted by Gasteiger charge is -2.34. The summed E-state index contributed by atoms with van der Waals surface area (Å²) in [5.74, 6) is 0.848. The van der Waals surface area contributed by atoms with Crippen molar-refractivity contribution in [2.45, 2.75) is 32.2 Å². The second-order valence-electron chi connectivity index (χ2n) is 5.33. The highest BCUT2D eigenvalue weighted by Gasteiger charge is 2.22. The normalized spacial score (nSPS) is 19.9. The molecule has 1 fully saturated rings. The van der Waals surface area contributed by atoms with Gasteiger partial charge in [0.25, 0.3) is 0 Å². The van der Waals surface area contributed by atoms with Gasteiger partial charge >= 0.3 is 0 Å². The van der Waals surface area contributed by atoms with Gasteiger partial charge in [-0.25, -0.2) is 0 Å². The zero-order valence-corrected chi connectivity index (χ0v) is 11.6.